The van der Waals surface area contributed by atoms with E-state index in [1.165, 1.54) is 121 Å². The Labute approximate surface area is 374 Å². The van der Waals surface area contributed by atoms with Gasteiger partial charge in [-0.15, -0.1) is 0 Å². The first kappa shape index (κ1) is 37.4. The van der Waals surface area contributed by atoms with E-state index in [9.17, 15) is 0 Å². The van der Waals surface area contributed by atoms with Gasteiger partial charge >= 0.3 is 0 Å². The Bertz CT molecular complexity index is 3710. The lowest BCUT2D eigenvalue weighted by molar-refractivity contribution is 1.57. The first-order valence-electron chi connectivity index (χ1n) is 22.2. The third-order valence-electron chi connectivity index (χ3n) is 13.1. The van der Waals surface area contributed by atoms with Crippen LogP contribution in [0.5, 0.6) is 0 Å². The lowest BCUT2D eigenvalue weighted by Gasteiger charge is -2.20. The van der Waals surface area contributed by atoms with Gasteiger partial charge in [0.15, 0.2) is 0 Å². The molecule has 0 aliphatic rings. The lowest BCUT2D eigenvalue weighted by Crippen LogP contribution is -1.93. The third kappa shape index (κ3) is 6.48. The Balaban J connectivity index is 1.13. The monoisotopic (exact) mass is 810 g/mol. The van der Waals surface area contributed by atoms with Crippen LogP contribution in [0.15, 0.2) is 255 Å². The normalized spacial score (nSPS) is 11.4. The molecule has 298 valence electrons. The predicted octanol–water partition coefficient (Wildman–Crippen LogP) is 18.0. The SMILES string of the molecule is c1ccc(-c2ccccc2-c2ccccc2-c2ccc3c(-c4cccc(-c5cccc6ccccc56)c4)c4ccccc4c(-c4cccc(-c5cccc6ccccc56)c4)c3c2)cc1. The van der Waals surface area contributed by atoms with Crippen molar-refractivity contribution in [3.63, 3.8) is 0 Å². The highest BCUT2D eigenvalue weighted by molar-refractivity contribution is 6.22. The molecule has 64 heavy (non-hydrogen) atoms. The van der Waals surface area contributed by atoms with E-state index in [1.54, 1.807) is 0 Å². The van der Waals surface area contributed by atoms with Crippen LogP contribution >= 0.6 is 0 Å². The van der Waals surface area contributed by atoms with Crippen molar-refractivity contribution in [2.75, 3.05) is 0 Å². The largest absolute Gasteiger partial charge is 0.0622 e. The molecular formula is C64H42. The van der Waals surface area contributed by atoms with Gasteiger partial charge in [0.05, 0.1) is 0 Å². The van der Waals surface area contributed by atoms with Crippen molar-refractivity contribution >= 4 is 43.1 Å². The second-order valence-electron chi connectivity index (χ2n) is 16.7. The molecule has 0 unspecified atom stereocenters. The lowest BCUT2D eigenvalue weighted by atomic mass is 9.83. The van der Waals surface area contributed by atoms with Crippen molar-refractivity contribution < 1.29 is 0 Å². The van der Waals surface area contributed by atoms with E-state index in [1.807, 2.05) is 0 Å². The maximum atomic E-state index is 2.46. The maximum absolute atomic E-state index is 2.46. The van der Waals surface area contributed by atoms with E-state index in [0.29, 0.717) is 0 Å². The van der Waals surface area contributed by atoms with Crippen LogP contribution in [0.25, 0.3) is 121 Å². The molecular weight excluding hydrogens is 769 g/mol. The molecule has 0 fully saturated rings. The molecule has 0 N–H and O–H groups in total. The van der Waals surface area contributed by atoms with E-state index in [4.69, 9.17) is 0 Å². The quantitative estimate of drug-likeness (QED) is 0.141. The molecule has 0 saturated heterocycles. The van der Waals surface area contributed by atoms with Gasteiger partial charge in [-0.3, -0.25) is 0 Å². The van der Waals surface area contributed by atoms with E-state index in [2.05, 4.69) is 255 Å². The molecule has 0 nitrogen and oxygen atoms in total. The van der Waals surface area contributed by atoms with Gasteiger partial charge in [-0.25, -0.2) is 0 Å². The molecule has 0 bridgehead atoms. The van der Waals surface area contributed by atoms with Crippen LogP contribution in [0.4, 0.5) is 0 Å². The van der Waals surface area contributed by atoms with Gasteiger partial charge in [0.2, 0.25) is 0 Å². The average Bonchev–Trinajstić information content (AvgIpc) is 3.37. The molecule has 0 aromatic heterocycles. The Morgan fingerprint density at radius 2 is 0.500 bits per heavy atom. The minimum atomic E-state index is 1.18. The molecule has 0 atom stereocenters. The zero-order chi connectivity index (χ0) is 42.4. The van der Waals surface area contributed by atoms with Gasteiger partial charge in [-0.05, 0) is 139 Å². The molecule has 12 rings (SSSR count). The molecule has 12 aromatic carbocycles. The van der Waals surface area contributed by atoms with Crippen LogP contribution in [0.3, 0.4) is 0 Å². The summed E-state index contributed by atoms with van der Waals surface area (Å²) in [6, 6.07) is 93.7. The summed E-state index contributed by atoms with van der Waals surface area (Å²) in [4.78, 5) is 0. The van der Waals surface area contributed by atoms with E-state index >= 15 is 0 Å². The summed E-state index contributed by atoms with van der Waals surface area (Å²) in [5.74, 6) is 0. The van der Waals surface area contributed by atoms with E-state index < -0.39 is 0 Å². The fourth-order valence-electron chi connectivity index (χ4n) is 10.2. The smallest absolute Gasteiger partial charge is 0.00259 e. The van der Waals surface area contributed by atoms with E-state index in [-0.39, 0.29) is 0 Å². The summed E-state index contributed by atoms with van der Waals surface area (Å²) in [7, 11) is 0. The zero-order valence-corrected chi connectivity index (χ0v) is 35.2. The van der Waals surface area contributed by atoms with Crippen molar-refractivity contribution in [2.45, 2.75) is 0 Å². The van der Waals surface area contributed by atoms with Crippen LogP contribution in [-0.2, 0) is 0 Å². The molecule has 0 heteroatoms. The first-order valence-corrected chi connectivity index (χ1v) is 22.2. The average molecular weight is 811 g/mol. The summed E-state index contributed by atoms with van der Waals surface area (Å²) in [5.41, 5.74) is 17.0. The molecule has 12 aromatic rings. The van der Waals surface area contributed by atoms with Gasteiger partial charge in [0.1, 0.15) is 0 Å². The summed E-state index contributed by atoms with van der Waals surface area (Å²) >= 11 is 0. The topological polar surface area (TPSA) is 0 Å². The molecule has 0 saturated carbocycles. The van der Waals surface area contributed by atoms with Gasteiger partial charge < -0.3 is 0 Å². The number of rotatable bonds is 7. The number of fused-ring (bicyclic) bond motifs is 4. The van der Waals surface area contributed by atoms with Gasteiger partial charge in [0.25, 0.3) is 0 Å². The maximum Gasteiger partial charge on any atom is -0.00259 e. The summed E-state index contributed by atoms with van der Waals surface area (Å²) in [5, 5.41) is 9.93. The first-order chi connectivity index (χ1) is 31.8. The molecule has 0 amide bonds. The number of hydrogen-bond acceptors (Lipinski definition) is 0. The Hall–Kier alpha value is -8.32. The second kappa shape index (κ2) is 15.9. The molecule has 0 aliphatic carbocycles. The second-order valence-corrected chi connectivity index (χ2v) is 16.7. The highest BCUT2D eigenvalue weighted by Gasteiger charge is 2.20. The van der Waals surface area contributed by atoms with Crippen LogP contribution in [0.2, 0.25) is 0 Å². The Morgan fingerprint density at radius 1 is 0.156 bits per heavy atom. The van der Waals surface area contributed by atoms with Crippen LogP contribution in [0, 0.1) is 0 Å². The number of benzene rings is 12. The van der Waals surface area contributed by atoms with Gasteiger partial charge in [0, 0.05) is 0 Å². The van der Waals surface area contributed by atoms with Crippen molar-refractivity contribution in [2.24, 2.45) is 0 Å². The van der Waals surface area contributed by atoms with Crippen molar-refractivity contribution in [3.8, 4) is 77.9 Å². The molecule has 0 spiro atoms. The summed E-state index contributed by atoms with van der Waals surface area (Å²) < 4.78 is 0. The highest BCUT2D eigenvalue weighted by Crippen LogP contribution is 2.47. The van der Waals surface area contributed by atoms with Crippen molar-refractivity contribution in [1.82, 2.24) is 0 Å². The fraction of sp³-hybridized carbons (Fsp3) is 0. The molecule has 0 aliphatic heterocycles. The van der Waals surface area contributed by atoms with Crippen molar-refractivity contribution in [3.05, 3.63) is 255 Å². The van der Waals surface area contributed by atoms with Gasteiger partial charge in [-0.1, -0.05) is 237 Å². The van der Waals surface area contributed by atoms with Crippen LogP contribution in [-0.4, -0.2) is 0 Å². The van der Waals surface area contributed by atoms with Crippen LogP contribution < -0.4 is 0 Å². The summed E-state index contributed by atoms with van der Waals surface area (Å²) in [6.07, 6.45) is 0. The highest BCUT2D eigenvalue weighted by atomic mass is 14.2. The van der Waals surface area contributed by atoms with Gasteiger partial charge in [-0.2, -0.15) is 0 Å². The molecule has 0 heterocycles. The predicted molar refractivity (Wildman–Crippen MR) is 275 cm³/mol. The van der Waals surface area contributed by atoms with E-state index in [0.717, 1.165) is 0 Å². The minimum absolute atomic E-state index is 1.18. The number of hydrogen-bond donors (Lipinski definition) is 0. The Morgan fingerprint density at radius 3 is 1.06 bits per heavy atom. The standard InChI is InChI=1S/C64H42/c1-2-18-43(19-3-1)53-30-8-10-32-57(53)58-33-11-9-31-56(58)48-38-39-61-62(42-48)64(50-27-15-25-47(41-50)55-37-17-23-45-21-5-7-29-52(45)55)60-35-13-12-34-59(60)63(61)49-26-14-24-46(40-49)54-36-16-22-44-20-4-6-28-51(44)54/h1-42H. The minimum Gasteiger partial charge on any atom is -0.0622 e. The molecule has 0 radical (unpaired) electrons. The van der Waals surface area contributed by atoms with Crippen molar-refractivity contribution in [1.29, 1.82) is 0 Å². The summed E-state index contributed by atoms with van der Waals surface area (Å²) in [6.45, 7) is 0. The van der Waals surface area contributed by atoms with Crippen LogP contribution in [0.1, 0.15) is 0 Å². The fourth-order valence-corrected chi connectivity index (χ4v) is 10.2. The third-order valence-corrected chi connectivity index (χ3v) is 13.1. The zero-order valence-electron chi connectivity index (χ0n) is 35.2. The Kier molecular flexibility index (Phi) is 9.28.